The van der Waals surface area contributed by atoms with E-state index >= 15 is 0 Å². The molecule has 0 bridgehead atoms. The van der Waals surface area contributed by atoms with E-state index in [0.29, 0.717) is 12.3 Å². The molecule has 19 heavy (non-hydrogen) atoms. The van der Waals surface area contributed by atoms with Crippen LogP contribution < -0.4 is 10.6 Å². The molecule has 104 valence electrons. The van der Waals surface area contributed by atoms with Gasteiger partial charge in [0.15, 0.2) is 0 Å². The average molecular weight is 264 g/mol. The molecule has 1 fully saturated rings. The van der Waals surface area contributed by atoms with Crippen LogP contribution in [0.5, 0.6) is 0 Å². The predicted molar refractivity (Wildman–Crippen MR) is 70.1 cm³/mol. The van der Waals surface area contributed by atoms with Crippen LogP contribution in [0.1, 0.15) is 38.4 Å². The standard InChI is InChI=1S/C14H20N2O3/c1-10(17)16-13(11-5-2-3-6-11)14(18)15-9-12-7-4-8-19-12/h4,7-8,11,13H,2-3,5-6,9H2,1H3,(H,15,18)(H,16,17)/t13-/m0/s1. The van der Waals surface area contributed by atoms with Gasteiger partial charge >= 0.3 is 0 Å². The number of hydrogen-bond donors (Lipinski definition) is 2. The number of furan rings is 1. The summed E-state index contributed by atoms with van der Waals surface area (Å²) in [5.74, 6) is 0.672. The maximum atomic E-state index is 12.2. The zero-order valence-corrected chi connectivity index (χ0v) is 11.1. The van der Waals surface area contributed by atoms with Gasteiger partial charge in [0.25, 0.3) is 0 Å². The summed E-state index contributed by atoms with van der Waals surface area (Å²) in [7, 11) is 0. The lowest BCUT2D eigenvalue weighted by Crippen LogP contribution is -2.49. The van der Waals surface area contributed by atoms with E-state index in [1.54, 1.807) is 12.3 Å². The third-order valence-electron chi connectivity index (χ3n) is 3.53. The van der Waals surface area contributed by atoms with E-state index in [1.807, 2.05) is 6.07 Å². The lowest BCUT2D eigenvalue weighted by atomic mass is 9.97. The Kier molecular flexibility index (Phi) is 4.60. The Morgan fingerprint density at radius 2 is 2.16 bits per heavy atom. The van der Waals surface area contributed by atoms with Gasteiger partial charge in [-0.1, -0.05) is 12.8 Å². The van der Waals surface area contributed by atoms with Gasteiger partial charge in [-0.15, -0.1) is 0 Å². The van der Waals surface area contributed by atoms with Crippen LogP contribution in [0.25, 0.3) is 0 Å². The fourth-order valence-corrected chi connectivity index (χ4v) is 2.60. The summed E-state index contributed by atoms with van der Waals surface area (Å²) in [6.07, 6.45) is 5.83. The molecule has 2 amide bonds. The molecule has 1 heterocycles. The van der Waals surface area contributed by atoms with Crippen LogP contribution in [-0.2, 0) is 16.1 Å². The van der Waals surface area contributed by atoms with Gasteiger partial charge in [-0.25, -0.2) is 0 Å². The van der Waals surface area contributed by atoms with Crippen molar-refractivity contribution in [3.63, 3.8) is 0 Å². The molecule has 2 rings (SSSR count). The lowest BCUT2D eigenvalue weighted by molar-refractivity contribution is -0.129. The molecule has 1 aliphatic rings. The summed E-state index contributed by atoms with van der Waals surface area (Å²) in [5, 5.41) is 5.59. The van der Waals surface area contributed by atoms with Crippen LogP contribution in [0.3, 0.4) is 0 Å². The Labute approximate surface area is 112 Å². The molecular formula is C14H20N2O3. The van der Waals surface area contributed by atoms with Gasteiger partial charge in [-0.05, 0) is 30.9 Å². The molecule has 1 aromatic heterocycles. The van der Waals surface area contributed by atoms with Gasteiger partial charge in [-0.3, -0.25) is 9.59 Å². The summed E-state index contributed by atoms with van der Waals surface area (Å²) in [5.41, 5.74) is 0. The second-order valence-corrected chi connectivity index (χ2v) is 5.02. The molecule has 0 spiro atoms. The number of carbonyl (C=O) groups excluding carboxylic acids is 2. The molecule has 0 aromatic carbocycles. The van der Waals surface area contributed by atoms with E-state index in [2.05, 4.69) is 10.6 Å². The molecule has 1 aromatic rings. The van der Waals surface area contributed by atoms with Gasteiger partial charge in [-0.2, -0.15) is 0 Å². The summed E-state index contributed by atoms with van der Waals surface area (Å²) < 4.78 is 5.17. The number of hydrogen-bond acceptors (Lipinski definition) is 3. The van der Waals surface area contributed by atoms with Crippen molar-refractivity contribution in [1.29, 1.82) is 0 Å². The number of nitrogens with one attached hydrogen (secondary N) is 2. The Bertz CT molecular complexity index is 422. The predicted octanol–water partition coefficient (Wildman–Crippen LogP) is 1.59. The van der Waals surface area contributed by atoms with Crippen molar-refractivity contribution in [2.24, 2.45) is 5.92 Å². The maximum Gasteiger partial charge on any atom is 0.243 e. The summed E-state index contributed by atoms with van der Waals surface area (Å²) >= 11 is 0. The second kappa shape index (κ2) is 6.41. The Morgan fingerprint density at radius 1 is 1.42 bits per heavy atom. The van der Waals surface area contributed by atoms with Crippen LogP contribution in [0, 0.1) is 5.92 Å². The van der Waals surface area contributed by atoms with Crippen LogP contribution in [-0.4, -0.2) is 17.9 Å². The van der Waals surface area contributed by atoms with Crippen molar-refractivity contribution in [2.45, 2.75) is 45.2 Å². The van der Waals surface area contributed by atoms with Crippen molar-refractivity contribution < 1.29 is 14.0 Å². The first-order chi connectivity index (χ1) is 9.16. The van der Waals surface area contributed by atoms with E-state index in [0.717, 1.165) is 25.7 Å². The van der Waals surface area contributed by atoms with Crippen molar-refractivity contribution >= 4 is 11.8 Å². The van der Waals surface area contributed by atoms with Crippen molar-refractivity contribution in [3.8, 4) is 0 Å². The van der Waals surface area contributed by atoms with E-state index in [4.69, 9.17) is 4.42 Å². The minimum Gasteiger partial charge on any atom is -0.467 e. The first-order valence-corrected chi connectivity index (χ1v) is 6.74. The van der Waals surface area contributed by atoms with E-state index in [9.17, 15) is 9.59 Å². The fourth-order valence-electron chi connectivity index (χ4n) is 2.60. The summed E-state index contributed by atoms with van der Waals surface area (Å²) in [6.45, 7) is 1.80. The zero-order chi connectivity index (χ0) is 13.7. The van der Waals surface area contributed by atoms with Crippen LogP contribution in [0.2, 0.25) is 0 Å². The SMILES string of the molecule is CC(=O)N[C@H](C(=O)NCc1ccco1)C1CCCC1. The first-order valence-electron chi connectivity index (χ1n) is 6.74. The van der Waals surface area contributed by atoms with Crippen molar-refractivity contribution in [3.05, 3.63) is 24.2 Å². The van der Waals surface area contributed by atoms with Gasteiger partial charge in [0.1, 0.15) is 11.8 Å². The smallest absolute Gasteiger partial charge is 0.243 e. The van der Waals surface area contributed by atoms with Crippen LogP contribution in [0.4, 0.5) is 0 Å². The number of rotatable bonds is 5. The second-order valence-electron chi connectivity index (χ2n) is 5.02. The third-order valence-corrected chi connectivity index (χ3v) is 3.53. The van der Waals surface area contributed by atoms with Crippen LogP contribution in [0.15, 0.2) is 22.8 Å². The molecule has 2 N–H and O–H groups in total. The minimum atomic E-state index is -0.421. The first kappa shape index (κ1) is 13.6. The molecule has 0 radical (unpaired) electrons. The highest BCUT2D eigenvalue weighted by Gasteiger charge is 2.31. The van der Waals surface area contributed by atoms with E-state index in [1.165, 1.54) is 6.92 Å². The topological polar surface area (TPSA) is 71.3 Å². The van der Waals surface area contributed by atoms with Crippen molar-refractivity contribution in [2.75, 3.05) is 0 Å². The monoisotopic (exact) mass is 264 g/mol. The normalized spacial score (nSPS) is 17.1. The molecular weight excluding hydrogens is 244 g/mol. The third kappa shape index (κ3) is 3.84. The van der Waals surface area contributed by atoms with Crippen molar-refractivity contribution in [1.82, 2.24) is 10.6 Å². The summed E-state index contributed by atoms with van der Waals surface area (Å²) in [6, 6.07) is 3.17. The molecule has 1 atom stereocenters. The lowest BCUT2D eigenvalue weighted by Gasteiger charge is -2.23. The van der Waals surface area contributed by atoms with E-state index < -0.39 is 6.04 Å². The van der Waals surface area contributed by atoms with Crippen LogP contribution >= 0.6 is 0 Å². The summed E-state index contributed by atoms with van der Waals surface area (Å²) in [4.78, 5) is 23.4. The Balaban J connectivity index is 1.92. The number of carbonyl (C=O) groups is 2. The molecule has 5 heteroatoms. The Hall–Kier alpha value is -1.78. The van der Waals surface area contributed by atoms with Gasteiger partial charge in [0.2, 0.25) is 11.8 Å². The zero-order valence-electron chi connectivity index (χ0n) is 11.1. The largest absolute Gasteiger partial charge is 0.467 e. The quantitative estimate of drug-likeness (QED) is 0.848. The highest BCUT2D eigenvalue weighted by atomic mass is 16.3. The van der Waals surface area contributed by atoms with Gasteiger partial charge in [0.05, 0.1) is 12.8 Å². The molecule has 0 saturated heterocycles. The molecule has 0 unspecified atom stereocenters. The fraction of sp³-hybridized carbons (Fsp3) is 0.571. The van der Waals surface area contributed by atoms with E-state index in [-0.39, 0.29) is 17.7 Å². The highest BCUT2D eigenvalue weighted by Crippen LogP contribution is 2.27. The van der Waals surface area contributed by atoms with Gasteiger partial charge < -0.3 is 15.1 Å². The highest BCUT2D eigenvalue weighted by molar-refractivity contribution is 5.87. The molecule has 1 saturated carbocycles. The minimum absolute atomic E-state index is 0.126. The molecule has 1 aliphatic carbocycles. The number of amides is 2. The van der Waals surface area contributed by atoms with Gasteiger partial charge in [0, 0.05) is 6.92 Å². The Morgan fingerprint density at radius 3 is 2.74 bits per heavy atom. The average Bonchev–Trinajstić information content (AvgIpc) is 3.05. The molecule has 0 aliphatic heterocycles. The maximum absolute atomic E-state index is 12.2. The molecule has 5 nitrogen and oxygen atoms in total.